The van der Waals surface area contributed by atoms with Crippen molar-refractivity contribution in [3.8, 4) is 17.0 Å². The first kappa shape index (κ1) is 16.1. The summed E-state index contributed by atoms with van der Waals surface area (Å²) in [5.74, 6) is -0.594. The van der Waals surface area contributed by atoms with E-state index in [1.165, 1.54) is 13.2 Å². The molecule has 1 heterocycles. The molecule has 0 aliphatic heterocycles. The second-order valence-corrected chi connectivity index (χ2v) is 5.33. The van der Waals surface area contributed by atoms with Crippen molar-refractivity contribution in [2.75, 3.05) is 19.1 Å². The summed E-state index contributed by atoms with van der Waals surface area (Å²) in [5.41, 5.74) is 0.972. The van der Waals surface area contributed by atoms with Crippen LogP contribution in [0.4, 0.5) is 14.5 Å². The van der Waals surface area contributed by atoms with Gasteiger partial charge in [-0.1, -0.05) is 0 Å². The Labute approximate surface area is 128 Å². The third kappa shape index (κ3) is 3.00. The zero-order chi connectivity index (χ0) is 16.4. The number of methoxy groups -OCH3 is 1. The van der Waals surface area contributed by atoms with Gasteiger partial charge in [-0.15, -0.1) is 0 Å². The van der Waals surface area contributed by atoms with E-state index in [2.05, 4.69) is 9.97 Å². The van der Waals surface area contributed by atoms with Crippen molar-refractivity contribution in [3.63, 3.8) is 0 Å². The van der Waals surface area contributed by atoms with Gasteiger partial charge in [-0.3, -0.25) is 0 Å². The molecule has 0 saturated carbocycles. The molecule has 2 rings (SSSR count). The standard InChI is InChI=1S/C16H19F2N3O/c1-9(2)21(4)14-7-11(6-12(17)16(14)22-5)15-13(18)8-19-10(3)20-15/h6-9H,1-5H3. The van der Waals surface area contributed by atoms with Gasteiger partial charge in [-0.2, -0.15) is 0 Å². The molecule has 6 heteroatoms. The maximum atomic E-state index is 14.3. The molecule has 1 aromatic heterocycles. The van der Waals surface area contributed by atoms with Crippen LogP contribution >= 0.6 is 0 Å². The summed E-state index contributed by atoms with van der Waals surface area (Å²) in [6.07, 6.45) is 1.09. The monoisotopic (exact) mass is 307 g/mol. The van der Waals surface area contributed by atoms with Crippen LogP contribution in [0.3, 0.4) is 0 Å². The van der Waals surface area contributed by atoms with Crippen LogP contribution in [-0.2, 0) is 0 Å². The van der Waals surface area contributed by atoms with Crippen LogP contribution in [0.2, 0.25) is 0 Å². The number of rotatable bonds is 4. The number of hydrogen-bond donors (Lipinski definition) is 0. The highest BCUT2D eigenvalue weighted by molar-refractivity contribution is 5.71. The van der Waals surface area contributed by atoms with Gasteiger partial charge >= 0.3 is 0 Å². The van der Waals surface area contributed by atoms with Crippen LogP contribution in [0.5, 0.6) is 5.75 Å². The molecular formula is C16H19F2N3O. The minimum absolute atomic E-state index is 0.0764. The lowest BCUT2D eigenvalue weighted by molar-refractivity contribution is 0.386. The number of benzene rings is 1. The molecule has 0 saturated heterocycles. The maximum absolute atomic E-state index is 14.3. The molecule has 0 N–H and O–H groups in total. The predicted molar refractivity (Wildman–Crippen MR) is 82.2 cm³/mol. The molecule has 118 valence electrons. The van der Waals surface area contributed by atoms with E-state index < -0.39 is 11.6 Å². The van der Waals surface area contributed by atoms with Crippen molar-refractivity contribution in [1.82, 2.24) is 9.97 Å². The van der Waals surface area contributed by atoms with Crippen molar-refractivity contribution in [2.24, 2.45) is 0 Å². The smallest absolute Gasteiger partial charge is 0.177 e. The summed E-state index contributed by atoms with van der Waals surface area (Å²) in [4.78, 5) is 9.72. The topological polar surface area (TPSA) is 38.3 Å². The van der Waals surface area contributed by atoms with Crippen LogP contribution in [0.1, 0.15) is 19.7 Å². The Morgan fingerprint density at radius 2 is 1.86 bits per heavy atom. The van der Waals surface area contributed by atoms with Gasteiger partial charge in [-0.05, 0) is 32.9 Å². The summed E-state index contributed by atoms with van der Waals surface area (Å²) in [7, 11) is 3.23. The molecular weight excluding hydrogens is 288 g/mol. The van der Waals surface area contributed by atoms with Crippen LogP contribution in [0.15, 0.2) is 18.3 Å². The van der Waals surface area contributed by atoms with Crippen LogP contribution in [0.25, 0.3) is 11.3 Å². The Hall–Kier alpha value is -2.24. The molecule has 0 spiro atoms. The Kier molecular flexibility index (Phi) is 4.59. The van der Waals surface area contributed by atoms with Gasteiger partial charge in [-0.25, -0.2) is 18.7 Å². The van der Waals surface area contributed by atoms with Crippen molar-refractivity contribution < 1.29 is 13.5 Å². The second kappa shape index (κ2) is 6.25. The third-order valence-electron chi connectivity index (χ3n) is 3.52. The van der Waals surface area contributed by atoms with E-state index in [-0.39, 0.29) is 17.5 Å². The quantitative estimate of drug-likeness (QED) is 0.865. The van der Waals surface area contributed by atoms with E-state index in [0.29, 0.717) is 17.1 Å². The summed E-state index contributed by atoms with van der Waals surface area (Å²) in [5, 5.41) is 0. The van der Waals surface area contributed by atoms with E-state index in [9.17, 15) is 8.78 Å². The first-order chi connectivity index (χ1) is 10.3. The van der Waals surface area contributed by atoms with Gasteiger partial charge in [0.25, 0.3) is 0 Å². The van der Waals surface area contributed by atoms with E-state index in [1.807, 2.05) is 25.8 Å². The van der Waals surface area contributed by atoms with Gasteiger partial charge in [0.15, 0.2) is 17.4 Å². The van der Waals surface area contributed by atoms with Gasteiger partial charge < -0.3 is 9.64 Å². The predicted octanol–water partition coefficient (Wildman–Crippen LogP) is 3.58. The number of hydrogen-bond acceptors (Lipinski definition) is 4. The number of ether oxygens (including phenoxy) is 1. The molecule has 0 amide bonds. The molecule has 2 aromatic rings. The van der Waals surface area contributed by atoms with E-state index in [4.69, 9.17) is 4.74 Å². The van der Waals surface area contributed by atoms with Gasteiger partial charge in [0, 0.05) is 18.7 Å². The normalized spacial score (nSPS) is 10.9. The van der Waals surface area contributed by atoms with Crippen LogP contribution in [-0.4, -0.2) is 30.2 Å². The molecule has 1 aromatic carbocycles. The average Bonchev–Trinajstić information content (AvgIpc) is 2.48. The molecule has 0 aliphatic rings. The summed E-state index contributed by atoms with van der Waals surface area (Å²) in [6.45, 7) is 5.60. The SMILES string of the molecule is COc1c(F)cc(-c2nc(C)ncc2F)cc1N(C)C(C)C. The van der Waals surface area contributed by atoms with Crippen molar-refractivity contribution in [1.29, 1.82) is 0 Å². The molecule has 22 heavy (non-hydrogen) atoms. The maximum Gasteiger partial charge on any atom is 0.177 e. The highest BCUT2D eigenvalue weighted by Crippen LogP contribution is 2.36. The molecule has 0 unspecified atom stereocenters. The van der Waals surface area contributed by atoms with Crippen LogP contribution in [0, 0.1) is 18.6 Å². The van der Waals surface area contributed by atoms with E-state index in [0.717, 1.165) is 6.20 Å². The fourth-order valence-corrected chi connectivity index (χ4v) is 2.12. The lowest BCUT2D eigenvalue weighted by atomic mass is 10.1. The summed E-state index contributed by atoms with van der Waals surface area (Å²) >= 11 is 0. The van der Waals surface area contributed by atoms with Crippen molar-refractivity contribution >= 4 is 5.69 Å². The lowest BCUT2D eigenvalue weighted by Crippen LogP contribution is -2.26. The number of aromatic nitrogens is 2. The van der Waals surface area contributed by atoms with Gasteiger partial charge in [0.2, 0.25) is 0 Å². The molecule has 0 bridgehead atoms. The van der Waals surface area contributed by atoms with Gasteiger partial charge in [0.1, 0.15) is 11.5 Å². The number of nitrogens with zero attached hydrogens (tertiary/aromatic N) is 3. The molecule has 0 radical (unpaired) electrons. The van der Waals surface area contributed by atoms with Gasteiger partial charge in [0.05, 0.1) is 19.0 Å². The fourth-order valence-electron chi connectivity index (χ4n) is 2.12. The summed E-state index contributed by atoms with van der Waals surface area (Å²) < 4.78 is 33.5. The van der Waals surface area contributed by atoms with E-state index >= 15 is 0 Å². The Balaban J connectivity index is 2.66. The highest BCUT2D eigenvalue weighted by atomic mass is 19.1. The number of aryl methyl sites for hydroxylation is 1. The zero-order valence-corrected chi connectivity index (χ0v) is 13.3. The fraction of sp³-hybridized carbons (Fsp3) is 0.375. The third-order valence-corrected chi connectivity index (χ3v) is 3.52. The minimum Gasteiger partial charge on any atom is -0.492 e. The molecule has 4 nitrogen and oxygen atoms in total. The highest BCUT2D eigenvalue weighted by Gasteiger charge is 2.19. The number of halogens is 2. The Morgan fingerprint density at radius 1 is 1.18 bits per heavy atom. The molecule has 0 aliphatic carbocycles. The molecule has 0 atom stereocenters. The van der Waals surface area contributed by atoms with Crippen molar-refractivity contribution in [3.05, 3.63) is 35.8 Å². The largest absolute Gasteiger partial charge is 0.492 e. The number of anilines is 1. The Bertz CT molecular complexity index is 689. The minimum atomic E-state index is -0.590. The zero-order valence-electron chi connectivity index (χ0n) is 13.3. The Morgan fingerprint density at radius 3 is 2.45 bits per heavy atom. The van der Waals surface area contributed by atoms with Crippen LogP contribution < -0.4 is 9.64 Å². The lowest BCUT2D eigenvalue weighted by Gasteiger charge is -2.26. The average molecular weight is 307 g/mol. The molecule has 0 fully saturated rings. The first-order valence-electron chi connectivity index (χ1n) is 6.95. The van der Waals surface area contributed by atoms with Crippen molar-refractivity contribution in [2.45, 2.75) is 26.8 Å². The summed E-state index contributed by atoms with van der Waals surface area (Å²) in [6, 6.07) is 3.02. The first-order valence-corrected chi connectivity index (χ1v) is 6.95. The van der Waals surface area contributed by atoms with E-state index in [1.54, 1.807) is 13.0 Å². The second-order valence-electron chi connectivity index (χ2n) is 5.33.